The SMILES string of the molecule is C#Cc1ccc(OCC)c(C(=O)OC)c1. The third-order valence-corrected chi connectivity index (χ3v) is 1.85. The predicted molar refractivity (Wildman–Crippen MR) is 56.9 cm³/mol. The summed E-state index contributed by atoms with van der Waals surface area (Å²) >= 11 is 0. The van der Waals surface area contributed by atoms with Gasteiger partial charge in [0.05, 0.1) is 13.7 Å². The standard InChI is InChI=1S/C12H12O3/c1-4-9-6-7-11(15-5-2)10(8-9)12(13)14-3/h1,6-8H,5H2,2-3H3. The first-order valence-electron chi connectivity index (χ1n) is 4.54. The molecule has 0 saturated carbocycles. The van der Waals surface area contributed by atoms with E-state index in [0.29, 0.717) is 23.5 Å². The Kier molecular flexibility index (Phi) is 3.75. The molecule has 0 unspecified atom stereocenters. The molecular formula is C12H12O3. The Morgan fingerprint density at radius 1 is 1.53 bits per heavy atom. The van der Waals surface area contributed by atoms with Crippen LogP contribution in [-0.2, 0) is 4.74 Å². The van der Waals surface area contributed by atoms with E-state index in [1.807, 2.05) is 6.92 Å². The number of hydrogen-bond acceptors (Lipinski definition) is 3. The second kappa shape index (κ2) is 5.06. The number of esters is 1. The van der Waals surface area contributed by atoms with Crippen LogP contribution in [0, 0.1) is 12.3 Å². The Morgan fingerprint density at radius 2 is 2.27 bits per heavy atom. The molecule has 78 valence electrons. The van der Waals surface area contributed by atoms with Crippen LogP contribution in [-0.4, -0.2) is 19.7 Å². The number of carbonyl (C=O) groups is 1. The maximum Gasteiger partial charge on any atom is 0.341 e. The first-order valence-corrected chi connectivity index (χ1v) is 4.54. The average molecular weight is 204 g/mol. The van der Waals surface area contributed by atoms with Crippen LogP contribution < -0.4 is 4.74 Å². The van der Waals surface area contributed by atoms with Gasteiger partial charge >= 0.3 is 5.97 Å². The van der Waals surface area contributed by atoms with Gasteiger partial charge in [0.25, 0.3) is 0 Å². The lowest BCUT2D eigenvalue weighted by molar-refractivity contribution is 0.0596. The van der Waals surface area contributed by atoms with Crippen molar-refractivity contribution in [3.05, 3.63) is 29.3 Å². The minimum atomic E-state index is -0.449. The molecule has 0 fully saturated rings. The van der Waals surface area contributed by atoms with Crippen LogP contribution >= 0.6 is 0 Å². The van der Waals surface area contributed by atoms with E-state index in [0.717, 1.165) is 0 Å². The minimum absolute atomic E-state index is 0.356. The fourth-order valence-electron chi connectivity index (χ4n) is 1.17. The van der Waals surface area contributed by atoms with Gasteiger partial charge in [-0.3, -0.25) is 0 Å². The van der Waals surface area contributed by atoms with Gasteiger partial charge in [-0.25, -0.2) is 4.79 Å². The van der Waals surface area contributed by atoms with Crippen molar-refractivity contribution in [1.29, 1.82) is 0 Å². The van der Waals surface area contributed by atoms with Gasteiger partial charge in [-0.05, 0) is 25.1 Å². The van der Waals surface area contributed by atoms with Crippen molar-refractivity contribution in [2.75, 3.05) is 13.7 Å². The summed E-state index contributed by atoms with van der Waals surface area (Å²) in [6, 6.07) is 4.97. The molecular weight excluding hydrogens is 192 g/mol. The summed E-state index contributed by atoms with van der Waals surface area (Å²) in [4.78, 5) is 11.4. The highest BCUT2D eigenvalue weighted by Crippen LogP contribution is 2.20. The molecule has 1 rings (SSSR count). The summed E-state index contributed by atoms with van der Waals surface area (Å²) in [5.41, 5.74) is 0.980. The van der Waals surface area contributed by atoms with Crippen LogP contribution in [0.1, 0.15) is 22.8 Å². The molecule has 0 bridgehead atoms. The number of benzene rings is 1. The first kappa shape index (κ1) is 11.1. The molecule has 0 heterocycles. The van der Waals surface area contributed by atoms with Crippen LogP contribution in [0.2, 0.25) is 0 Å². The summed E-state index contributed by atoms with van der Waals surface area (Å²) in [5, 5.41) is 0. The smallest absolute Gasteiger partial charge is 0.341 e. The summed E-state index contributed by atoms with van der Waals surface area (Å²) in [5.74, 6) is 2.49. The zero-order valence-electron chi connectivity index (χ0n) is 8.74. The van der Waals surface area contributed by atoms with Crippen LogP contribution in [0.5, 0.6) is 5.75 Å². The Bertz CT molecular complexity index is 402. The van der Waals surface area contributed by atoms with E-state index < -0.39 is 5.97 Å². The summed E-state index contributed by atoms with van der Waals surface area (Å²) in [7, 11) is 1.32. The fraction of sp³-hybridized carbons (Fsp3) is 0.250. The Labute approximate surface area is 89.0 Å². The summed E-state index contributed by atoms with van der Waals surface area (Å²) in [6.45, 7) is 2.33. The molecule has 0 aliphatic rings. The van der Waals surface area contributed by atoms with Gasteiger partial charge in [0.2, 0.25) is 0 Å². The lowest BCUT2D eigenvalue weighted by atomic mass is 10.1. The van der Waals surface area contributed by atoms with Gasteiger partial charge in [0, 0.05) is 5.56 Å². The van der Waals surface area contributed by atoms with Crippen molar-refractivity contribution >= 4 is 5.97 Å². The topological polar surface area (TPSA) is 35.5 Å². The van der Waals surface area contributed by atoms with Gasteiger partial charge in [-0.15, -0.1) is 6.42 Å². The summed E-state index contributed by atoms with van der Waals surface area (Å²) < 4.78 is 9.93. The zero-order valence-corrected chi connectivity index (χ0v) is 8.74. The third kappa shape index (κ3) is 2.50. The maximum absolute atomic E-state index is 11.4. The Morgan fingerprint density at radius 3 is 2.80 bits per heavy atom. The molecule has 0 atom stereocenters. The van der Waals surface area contributed by atoms with Crippen molar-refractivity contribution < 1.29 is 14.3 Å². The van der Waals surface area contributed by atoms with Crippen molar-refractivity contribution in [3.63, 3.8) is 0 Å². The lowest BCUT2D eigenvalue weighted by Crippen LogP contribution is -2.06. The van der Waals surface area contributed by atoms with E-state index in [4.69, 9.17) is 11.2 Å². The molecule has 0 radical (unpaired) electrons. The average Bonchev–Trinajstić information content (AvgIpc) is 2.29. The van der Waals surface area contributed by atoms with Crippen molar-refractivity contribution in [2.24, 2.45) is 0 Å². The van der Waals surface area contributed by atoms with E-state index in [9.17, 15) is 4.79 Å². The Balaban J connectivity index is 3.17. The molecule has 15 heavy (non-hydrogen) atoms. The van der Waals surface area contributed by atoms with E-state index in [1.165, 1.54) is 7.11 Å². The van der Waals surface area contributed by atoms with Crippen molar-refractivity contribution in [1.82, 2.24) is 0 Å². The fourth-order valence-corrected chi connectivity index (χ4v) is 1.17. The third-order valence-electron chi connectivity index (χ3n) is 1.85. The number of rotatable bonds is 3. The highest BCUT2D eigenvalue weighted by atomic mass is 16.5. The predicted octanol–water partition coefficient (Wildman–Crippen LogP) is 1.85. The molecule has 0 N–H and O–H groups in total. The number of hydrogen-bond donors (Lipinski definition) is 0. The van der Waals surface area contributed by atoms with Crippen LogP contribution in [0.25, 0.3) is 0 Å². The van der Waals surface area contributed by atoms with E-state index in [2.05, 4.69) is 10.7 Å². The highest BCUT2D eigenvalue weighted by Gasteiger charge is 2.13. The van der Waals surface area contributed by atoms with E-state index >= 15 is 0 Å². The molecule has 0 aromatic heterocycles. The number of terminal acetylenes is 1. The zero-order chi connectivity index (χ0) is 11.3. The van der Waals surface area contributed by atoms with Crippen molar-refractivity contribution in [3.8, 4) is 18.1 Å². The normalized spacial score (nSPS) is 9.13. The van der Waals surface area contributed by atoms with E-state index in [-0.39, 0.29) is 0 Å². The van der Waals surface area contributed by atoms with Crippen LogP contribution in [0.15, 0.2) is 18.2 Å². The van der Waals surface area contributed by atoms with Crippen LogP contribution in [0.4, 0.5) is 0 Å². The molecule has 3 heteroatoms. The highest BCUT2D eigenvalue weighted by molar-refractivity contribution is 5.92. The summed E-state index contributed by atoms with van der Waals surface area (Å²) in [6.07, 6.45) is 5.24. The second-order valence-electron chi connectivity index (χ2n) is 2.78. The molecule has 3 nitrogen and oxygen atoms in total. The van der Waals surface area contributed by atoms with Gasteiger partial charge in [-0.1, -0.05) is 5.92 Å². The quantitative estimate of drug-likeness (QED) is 0.556. The molecule has 0 aliphatic carbocycles. The van der Waals surface area contributed by atoms with Crippen LogP contribution in [0.3, 0.4) is 0 Å². The van der Waals surface area contributed by atoms with Gasteiger partial charge in [0.1, 0.15) is 11.3 Å². The second-order valence-corrected chi connectivity index (χ2v) is 2.78. The number of carbonyl (C=O) groups excluding carboxylic acids is 1. The molecule has 1 aromatic carbocycles. The molecule has 0 aliphatic heterocycles. The lowest BCUT2D eigenvalue weighted by Gasteiger charge is -2.08. The number of ether oxygens (including phenoxy) is 2. The first-order chi connectivity index (χ1) is 7.22. The number of methoxy groups -OCH3 is 1. The molecule has 0 saturated heterocycles. The molecule has 0 spiro atoms. The molecule has 0 amide bonds. The van der Waals surface area contributed by atoms with Crippen molar-refractivity contribution in [2.45, 2.75) is 6.92 Å². The van der Waals surface area contributed by atoms with Gasteiger partial charge < -0.3 is 9.47 Å². The maximum atomic E-state index is 11.4. The minimum Gasteiger partial charge on any atom is -0.493 e. The molecule has 1 aromatic rings. The van der Waals surface area contributed by atoms with E-state index in [1.54, 1.807) is 18.2 Å². The Hall–Kier alpha value is -1.95. The monoisotopic (exact) mass is 204 g/mol. The van der Waals surface area contributed by atoms with Gasteiger partial charge in [0.15, 0.2) is 0 Å². The largest absolute Gasteiger partial charge is 0.493 e. The van der Waals surface area contributed by atoms with Gasteiger partial charge in [-0.2, -0.15) is 0 Å².